The van der Waals surface area contributed by atoms with Crippen LogP contribution in [0.2, 0.25) is 10.0 Å². The van der Waals surface area contributed by atoms with Gasteiger partial charge in [0, 0.05) is 12.2 Å². The molecule has 0 saturated heterocycles. The molecular weight excluding hydrogens is 385 g/mol. The number of hydrogen-bond acceptors (Lipinski definition) is 3. The van der Waals surface area contributed by atoms with Crippen molar-refractivity contribution >= 4 is 40.7 Å². The minimum atomic E-state index is -0.257. The Labute approximate surface area is 169 Å². The van der Waals surface area contributed by atoms with Crippen LogP contribution in [0.15, 0.2) is 36.4 Å². The molecule has 0 heterocycles. The fourth-order valence-electron chi connectivity index (χ4n) is 2.68. The van der Waals surface area contributed by atoms with Gasteiger partial charge in [-0.25, -0.2) is 0 Å². The molecule has 0 spiro atoms. The lowest BCUT2D eigenvalue weighted by atomic mass is 10.1. The molecule has 2 amide bonds. The first-order valence-electron chi connectivity index (χ1n) is 8.51. The Hall–Kier alpha value is -2.08. The standard InChI is InChI=1S/C20H23Cl2N3O2/c1-13-5-4-6-14(2)20(13)24-18(26)10-23-19(27)12-25(3)11-15-7-8-16(21)17(22)9-15/h4-9H,10-12H2,1-3H3,(H,23,27)(H,24,26). The van der Waals surface area contributed by atoms with Crippen molar-refractivity contribution in [3.05, 3.63) is 63.1 Å². The van der Waals surface area contributed by atoms with Gasteiger partial charge in [0.15, 0.2) is 0 Å². The van der Waals surface area contributed by atoms with Crippen molar-refractivity contribution in [1.82, 2.24) is 10.2 Å². The molecule has 0 aliphatic rings. The van der Waals surface area contributed by atoms with E-state index in [4.69, 9.17) is 23.2 Å². The molecule has 0 fully saturated rings. The summed E-state index contributed by atoms with van der Waals surface area (Å²) in [5.74, 6) is -0.484. The number of nitrogens with one attached hydrogen (secondary N) is 2. The van der Waals surface area contributed by atoms with Crippen LogP contribution in [0, 0.1) is 13.8 Å². The molecule has 2 rings (SSSR count). The maximum Gasteiger partial charge on any atom is 0.243 e. The minimum absolute atomic E-state index is 0.0762. The third-order valence-electron chi connectivity index (χ3n) is 4.04. The van der Waals surface area contributed by atoms with Crippen molar-refractivity contribution in [2.75, 3.05) is 25.5 Å². The van der Waals surface area contributed by atoms with Crippen molar-refractivity contribution < 1.29 is 9.59 Å². The Kier molecular flexibility index (Phi) is 7.66. The number of halogens is 2. The minimum Gasteiger partial charge on any atom is -0.346 e. The van der Waals surface area contributed by atoms with Gasteiger partial charge in [0.05, 0.1) is 23.1 Å². The number of para-hydroxylation sites is 1. The van der Waals surface area contributed by atoms with E-state index in [0.29, 0.717) is 16.6 Å². The number of likely N-dealkylation sites (N-methyl/N-ethyl adjacent to an activating group) is 1. The van der Waals surface area contributed by atoms with Crippen LogP contribution in [0.5, 0.6) is 0 Å². The predicted molar refractivity (Wildman–Crippen MR) is 110 cm³/mol. The third-order valence-corrected chi connectivity index (χ3v) is 4.78. The molecule has 0 radical (unpaired) electrons. The average molecular weight is 408 g/mol. The van der Waals surface area contributed by atoms with Gasteiger partial charge in [0.25, 0.3) is 0 Å². The topological polar surface area (TPSA) is 61.4 Å². The molecule has 144 valence electrons. The van der Waals surface area contributed by atoms with Gasteiger partial charge in [-0.05, 0) is 49.7 Å². The van der Waals surface area contributed by atoms with Crippen molar-refractivity contribution in [1.29, 1.82) is 0 Å². The highest BCUT2D eigenvalue weighted by Gasteiger charge is 2.11. The average Bonchev–Trinajstić information content (AvgIpc) is 2.59. The Morgan fingerprint density at radius 1 is 1.00 bits per heavy atom. The molecule has 2 aromatic rings. The monoisotopic (exact) mass is 407 g/mol. The summed E-state index contributed by atoms with van der Waals surface area (Å²) in [7, 11) is 1.82. The van der Waals surface area contributed by atoms with Crippen LogP contribution in [-0.4, -0.2) is 36.9 Å². The van der Waals surface area contributed by atoms with Crippen LogP contribution in [0.1, 0.15) is 16.7 Å². The smallest absolute Gasteiger partial charge is 0.243 e. The number of rotatable bonds is 7. The van der Waals surface area contributed by atoms with Gasteiger partial charge in [0.2, 0.25) is 11.8 Å². The summed E-state index contributed by atoms with van der Waals surface area (Å²) in [5.41, 5.74) is 3.70. The van der Waals surface area contributed by atoms with Crippen LogP contribution in [0.3, 0.4) is 0 Å². The number of benzene rings is 2. The maximum absolute atomic E-state index is 12.1. The van der Waals surface area contributed by atoms with E-state index >= 15 is 0 Å². The zero-order valence-corrected chi connectivity index (χ0v) is 17.1. The number of carbonyl (C=O) groups is 2. The zero-order valence-electron chi connectivity index (χ0n) is 15.6. The molecule has 7 heteroatoms. The predicted octanol–water partition coefficient (Wildman–Crippen LogP) is 3.80. The van der Waals surface area contributed by atoms with Gasteiger partial charge < -0.3 is 10.6 Å². The summed E-state index contributed by atoms with van der Waals surface area (Å²) in [4.78, 5) is 26.0. The lowest BCUT2D eigenvalue weighted by Crippen LogP contribution is -2.39. The number of anilines is 1. The van der Waals surface area contributed by atoms with Crippen LogP contribution in [0.25, 0.3) is 0 Å². The van der Waals surface area contributed by atoms with E-state index in [0.717, 1.165) is 22.4 Å². The molecule has 5 nitrogen and oxygen atoms in total. The Morgan fingerprint density at radius 3 is 2.30 bits per heavy atom. The molecule has 0 aromatic heterocycles. The van der Waals surface area contributed by atoms with Crippen LogP contribution in [-0.2, 0) is 16.1 Å². The summed E-state index contributed by atoms with van der Waals surface area (Å²) in [6, 6.07) is 11.2. The van der Waals surface area contributed by atoms with E-state index in [1.165, 1.54) is 0 Å². The summed E-state index contributed by atoms with van der Waals surface area (Å²) < 4.78 is 0. The third kappa shape index (κ3) is 6.54. The Balaban J connectivity index is 1.79. The highest BCUT2D eigenvalue weighted by molar-refractivity contribution is 6.42. The second-order valence-electron chi connectivity index (χ2n) is 6.51. The van der Waals surface area contributed by atoms with E-state index in [1.807, 2.05) is 50.1 Å². The van der Waals surface area contributed by atoms with Crippen LogP contribution in [0.4, 0.5) is 5.69 Å². The second-order valence-corrected chi connectivity index (χ2v) is 7.33. The van der Waals surface area contributed by atoms with Gasteiger partial charge >= 0.3 is 0 Å². The largest absolute Gasteiger partial charge is 0.346 e. The highest BCUT2D eigenvalue weighted by atomic mass is 35.5. The van der Waals surface area contributed by atoms with Gasteiger partial charge in [-0.15, -0.1) is 0 Å². The van der Waals surface area contributed by atoms with Crippen molar-refractivity contribution in [3.63, 3.8) is 0 Å². The second kappa shape index (κ2) is 9.74. The van der Waals surface area contributed by atoms with E-state index in [-0.39, 0.29) is 24.9 Å². The highest BCUT2D eigenvalue weighted by Crippen LogP contribution is 2.23. The Bertz CT molecular complexity index is 820. The van der Waals surface area contributed by atoms with Crippen molar-refractivity contribution in [3.8, 4) is 0 Å². The summed E-state index contributed by atoms with van der Waals surface area (Å²) in [6.07, 6.45) is 0. The summed E-state index contributed by atoms with van der Waals surface area (Å²) in [5, 5.41) is 6.46. The molecule has 0 saturated carbocycles. The number of amides is 2. The first-order valence-corrected chi connectivity index (χ1v) is 9.27. The summed E-state index contributed by atoms with van der Waals surface area (Å²) in [6.45, 7) is 4.49. The van der Waals surface area contributed by atoms with E-state index in [1.54, 1.807) is 12.1 Å². The number of carbonyl (C=O) groups excluding carboxylic acids is 2. The molecule has 0 aliphatic heterocycles. The van der Waals surface area contributed by atoms with Gasteiger partial charge in [0.1, 0.15) is 0 Å². The van der Waals surface area contributed by atoms with E-state index < -0.39 is 0 Å². The molecule has 2 N–H and O–H groups in total. The van der Waals surface area contributed by atoms with Crippen molar-refractivity contribution in [2.24, 2.45) is 0 Å². The van der Waals surface area contributed by atoms with Gasteiger partial charge in [-0.3, -0.25) is 14.5 Å². The quantitative estimate of drug-likeness (QED) is 0.733. The Morgan fingerprint density at radius 2 is 1.67 bits per heavy atom. The number of hydrogen-bond donors (Lipinski definition) is 2. The maximum atomic E-state index is 12.1. The molecule has 0 bridgehead atoms. The number of aryl methyl sites for hydroxylation is 2. The molecule has 2 aromatic carbocycles. The van der Waals surface area contributed by atoms with Crippen LogP contribution < -0.4 is 10.6 Å². The molecule has 0 unspecified atom stereocenters. The zero-order chi connectivity index (χ0) is 20.0. The van der Waals surface area contributed by atoms with Gasteiger partial charge in [-0.1, -0.05) is 47.5 Å². The first-order chi connectivity index (χ1) is 12.8. The van der Waals surface area contributed by atoms with E-state index in [2.05, 4.69) is 10.6 Å². The lowest BCUT2D eigenvalue weighted by molar-refractivity contribution is -0.124. The molecule has 0 aliphatic carbocycles. The summed E-state index contributed by atoms with van der Waals surface area (Å²) >= 11 is 11.9. The molecule has 27 heavy (non-hydrogen) atoms. The fourth-order valence-corrected chi connectivity index (χ4v) is 3.00. The number of nitrogens with zero attached hydrogens (tertiary/aromatic N) is 1. The molecular formula is C20H23Cl2N3O2. The van der Waals surface area contributed by atoms with Crippen LogP contribution >= 0.6 is 23.2 Å². The first kappa shape index (κ1) is 21.2. The van der Waals surface area contributed by atoms with Crippen molar-refractivity contribution in [2.45, 2.75) is 20.4 Å². The normalized spacial score (nSPS) is 10.7. The fraction of sp³-hybridized carbons (Fsp3) is 0.300. The van der Waals surface area contributed by atoms with E-state index in [9.17, 15) is 9.59 Å². The van der Waals surface area contributed by atoms with Gasteiger partial charge in [-0.2, -0.15) is 0 Å². The molecule has 0 atom stereocenters. The SMILES string of the molecule is Cc1cccc(C)c1NC(=O)CNC(=O)CN(C)Cc1ccc(Cl)c(Cl)c1. The lowest BCUT2D eigenvalue weighted by Gasteiger charge is -2.17.